The minimum atomic E-state index is -3.23. The number of amides is 1. The van der Waals surface area contributed by atoms with Gasteiger partial charge in [-0.05, 0) is 19.3 Å². The van der Waals surface area contributed by atoms with Crippen LogP contribution in [0.3, 0.4) is 0 Å². The van der Waals surface area contributed by atoms with E-state index in [9.17, 15) is 13.2 Å². The van der Waals surface area contributed by atoms with E-state index >= 15 is 0 Å². The molecule has 2 heterocycles. The summed E-state index contributed by atoms with van der Waals surface area (Å²) in [5.41, 5.74) is 5.44. The molecule has 2 fully saturated rings. The van der Waals surface area contributed by atoms with Crippen molar-refractivity contribution in [3.05, 3.63) is 10.3 Å². The average Bonchev–Trinajstić information content (AvgIpc) is 3.00. The van der Waals surface area contributed by atoms with Crippen LogP contribution in [0.15, 0.2) is 15.5 Å². The first kappa shape index (κ1) is 15.8. The predicted octanol–water partition coefficient (Wildman–Crippen LogP) is 0.557. The van der Waals surface area contributed by atoms with Gasteiger partial charge in [-0.1, -0.05) is 11.2 Å². The fraction of sp³-hybridized carbons (Fsp3) is 0.692. The van der Waals surface area contributed by atoms with Crippen LogP contribution in [0.5, 0.6) is 0 Å². The molecule has 1 saturated carbocycles. The number of carbonyl (C=O) groups excluding carboxylic acids is 1. The van der Waals surface area contributed by atoms with Gasteiger partial charge in [0.1, 0.15) is 0 Å². The SMILES string of the molecule is NC(=O)/C(=N/O[C@@H]1CCOC1)C1CC=C(S(=O)(=O)C2CC2)S1. The third kappa shape index (κ3) is 3.31. The fourth-order valence-electron chi connectivity index (χ4n) is 2.32. The number of ether oxygens (including phenoxy) is 1. The molecule has 122 valence electrons. The molecule has 3 rings (SSSR count). The highest BCUT2D eigenvalue weighted by atomic mass is 32.3. The summed E-state index contributed by atoms with van der Waals surface area (Å²) < 4.78 is 29.9. The van der Waals surface area contributed by atoms with Crippen LogP contribution in [0.1, 0.15) is 25.7 Å². The Morgan fingerprint density at radius 2 is 2.18 bits per heavy atom. The first-order chi connectivity index (χ1) is 10.5. The molecule has 1 saturated heterocycles. The Morgan fingerprint density at radius 1 is 1.41 bits per heavy atom. The zero-order valence-electron chi connectivity index (χ0n) is 11.9. The number of carbonyl (C=O) groups is 1. The van der Waals surface area contributed by atoms with Gasteiger partial charge in [0.2, 0.25) is 0 Å². The van der Waals surface area contributed by atoms with Crippen LogP contribution in [-0.2, 0) is 24.2 Å². The summed E-state index contributed by atoms with van der Waals surface area (Å²) in [5.74, 6) is -0.685. The zero-order chi connectivity index (χ0) is 15.7. The van der Waals surface area contributed by atoms with Crippen LogP contribution >= 0.6 is 11.8 Å². The lowest BCUT2D eigenvalue weighted by molar-refractivity contribution is -0.112. The van der Waals surface area contributed by atoms with E-state index in [1.165, 1.54) is 0 Å². The number of hydrogen-bond donors (Lipinski definition) is 1. The number of thioether (sulfide) groups is 1. The number of allylic oxidation sites excluding steroid dienone is 1. The van der Waals surface area contributed by atoms with Crippen molar-refractivity contribution in [3.63, 3.8) is 0 Å². The highest BCUT2D eigenvalue weighted by Gasteiger charge is 2.42. The fourth-order valence-corrected chi connectivity index (χ4v) is 5.97. The van der Waals surface area contributed by atoms with Crippen molar-refractivity contribution < 1.29 is 22.8 Å². The number of oxime groups is 1. The minimum absolute atomic E-state index is 0.0779. The monoisotopic (exact) mass is 346 g/mol. The normalized spacial score (nSPS) is 29.5. The highest BCUT2D eigenvalue weighted by molar-refractivity contribution is 8.19. The van der Waals surface area contributed by atoms with Gasteiger partial charge in [0.15, 0.2) is 21.7 Å². The smallest absolute Gasteiger partial charge is 0.267 e. The van der Waals surface area contributed by atoms with E-state index in [2.05, 4.69) is 5.16 Å². The maximum absolute atomic E-state index is 12.2. The van der Waals surface area contributed by atoms with Gasteiger partial charge < -0.3 is 15.3 Å². The van der Waals surface area contributed by atoms with E-state index in [-0.39, 0.29) is 17.1 Å². The number of hydrogen-bond acceptors (Lipinski definition) is 7. The largest absolute Gasteiger partial charge is 0.390 e. The predicted molar refractivity (Wildman–Crippen MR) is 83.0 cm³/mol. The number of nitrogens with zero attached hydrogens (tertiary/aromatic N) is 1. The molecule has 0 bridgehead atoms. The summed E-state index contributed by atoms with van der Waals surface area (Å²) in [6, 6.07) is 0. The number of primary amides is 1. The van der Waals surface area contributed by atoms with E-state index in [4.69, 9.17) is 15.3 Å². The van der Waals surface area contributed by atoms with E-state index in [1.807, 2.05) is 0 Å². The first-order valence-corrected chi connectivity index (χ1v) is 9.63. The number of rotatable bonds is 6. The molecule has 2 N–H and O–H groups in total. The molecular weight excluding hydrogens is 328 g/mol. The molecule has 22 heavy (non-hydrogen) atoms. The van der Waals surface area contributed by atoms with Crippen LogP contribution in [0.25, 0.3) is 0 Å². The summed E-state index contributed by atoms with van der Waals surface area (Å²) in [6.07, 6.45) is 4.04. The van der Waals surface area contributed by atoms with Crippen LogP contribution in [0.2, 0.25) is 0 Å². The Labute approximate surface area is 133 Å². The van der Waals surface area contributed by atoms with Gasteiger partial charge in [0, 0.05) is 6.42 Å². The van der Waals surface area contributed by atoms with Crippen molar-refractivity contribution in [3.8, 4) is 0 Å². The Hall–Kier alpha value is -1.06. The molecule has 1 amide bonds. The standard InChI is InChI=1S/C13H18N2O5S2/c14-13(16)12(15-20-8-5-6-19-7-8)10-3-4-11(21-10)22(17,18)9-1-2-9/h4,8-10H,1-3,5-7H2,(H2,14,16)/b15-12+/t8-,10?/m1/s1. The highest BCUT2D eigenvalue weighted by Crippen LogP contribution is 2.43. The number of sulfone groups is 1. The molecule has 2 aliphatic heterocycles. The molecule has 9 heteroatoms. The van der Waals surface area contributed by atoms with E-state index in [0.29, 0.717) is 43.1 Å². The van der Waals surface area contributed by atoms with Crippen molar-refractivity contribution in [2.75, 3.05) is 13.2 Å². The Balaban J connectivity index is 1.66. The average molecular weight is 346 g/mol. The molecule has 0 radical (unpaired) electrons. The topological polar surface area (TPSA) is 108 Å². The van der Waals surface area contributed by atoms with Crippen LogP contribution in [-0.4, -0.2) is 49.9 Å². The summed E-state index contributed by atoms with van der Waals surface area (Å²) in [5, 5.41) is 3.22. The van der Waals surface area contributed by atoms with Gasteiger partial charge in [-0.3, -0.25) is 4.79 Å². The molecule has 0 aromatic rings. The quantitative estimate of drug-likeness (QED) is 0.556. The van der Waals surface area contributed by atoms with Crippen LogP contribution in [0, 0.1) is 0 Å². The van der Waals surface area contributed by atoms with Crippen molar-refractivity contribution in [1.82, 2.24) is 0 Å². The van der Waals surface area contributed by atoms with Gasteiger partial charge in [-0.25, -0.2) is 8.42 Å². The molecule has 1 unspecified atom stereocenters. The lowest BCUT2D eigenvalue weighted by Crippen LogP contribution is -2.32. The van der Waals surface area contributed by atoms with Gasteiger partial charge in [-0.2, -0.15) is 0 Å². The molecule has 0 spiro atoms. The summed E-state index contributed by atoms with van der Waals surface area (Å²) >= 11 is 1.14. The number of nitrogens with two attached hydrogens (primary N) is 1. The van der Waals surface area contributed by atoms with Gasteiger partial charge >= 0.3 is 0 Å². The maximum Gasteiger partial charge on any atom is 0.267 e. The van der Waals surface area contributed by atoms with Gasteiger partial charge in [0.25, 0.3) is 5.91 Å². The van der Waals surface area contributed by atoms with E-state index < -0.39 is 21.0 Å². The first-order valence-electron chi connectivity index (χ1n) is 7.20. The third-order valence-corrected chi connectivity index (χ3v) is 7.91. The van der Waals surface area contributed by atoms with Crippen molar-refractivity contribution in [1.29, 1.82) is 0 Å². The van der Waals surface area contributed by atoms with Crippen molar-refractivity contribution >= 4 is 33.2 Å². The second-order valence-electron chi connectivity index (χ2n) is 5.54. The van der Waals surface area contributed by atoms with Crippen molar-refractivity contribution in [2.45, 2.75) is 42.3 Å². The minimum Gasteiger partial charge on any atom is -0.390 e. The zero-order valence-corrected chi connectivity index (χ0v) is 13.6. The molecule has 0 aromatic heterocycles. The molecular formula is C13H18N2O5S2. The molecule has 1 aliphatic carbocycles. The third-order valence-electron chi connectivity index (χ3n) is 3.75. The summed E-state index contributed by atoms with van der Waals surface area (Å²) in [4.78, 5) is 16.9. The van der Waals surface area contributed by atoms with E-state index in [1.54, 1.807) is 6.08 Å². The second kappa shape index (κ2) is 6.21. The lowest BCUT2D eigenvalue weighted by Gasteiger charge is -2.12. The Morgan fingerprint density at radius 3 is 2.77 bits per heavy atom. The second-order valence-corrected chi connectivity index (χ2v) is 9.24. The van der Waals surface area contributed by atoms with E-state index in [0.717, 1.165) is 11.8 Å². The van der Waals surface area contributed by atoms with Crippen molar-refractivity contribution in [2.24, 2.45) is 10.9 Å². The summed E-state index contributed by atoms with van der Waals surface area (Å²) in [6.45, 7) is 1.04. The summed E-state index contributed by atoms with van der Waals surface area (Å²) in [7, 11) is -3.23. The Kier molecular flexibility index (Phi) is 4.47. The lowest BCUT2D eigenvalue weighted by atomic mass is 10.2. The molecule has 3 aliphatic rings. The molecule has 7 nitrogen and oxygen atoms in total. The maximum atomic E-state index is 12.2. The molecule has 2 atom stereocenters. The van der Waals surface area contributed by atoms with Crippen LogP contribution < -0.4 is 5.73 Å². The van der Waals surface area contributed by atoms with Gasteiger partial charge in [0.05, 0.1) is 28.0 Å². The Bertz CT molecular complexity index is 618. The van der Waals surface area contributed by atoms with Crippen LogP contribution in [0.4, 0.5) is 0 Å². The molecule has 0 aromatic carbocycles. The van der Waals surface area contributed by atoms with Gasteiger partial charge in [-0.15, -0.1) is 11.8 Å².